The Bertz CT molecular complexity index is 1680. The van der Waals surface area contributed by atoms with Crippen molar-refractivity contribution >= 4 is 25.7 Å². The van der Waals surface area contributed by atoms with E-state index >= 15 is 0 Å². The summed E-state index contributed by atoms with van der Waals surface area (Å²) in [6, 6.07) is 2.40. The second-order valence-corrected chi connectivity index (χ2v) is 15.8. The minimum Gasteiger partial charge on any atom is -0.324 e. The zero-order valence-corrected chi connectivity index (χ0v) is 24.6. The van der Waals surface area contributed by atoms with Gasteiger partial charge in [0, 0.05) is 25.2 Å². The van der Waals surface area contributed by atoms with Crippen molar-refractivity contribution in [3.8, 4) is 0 Å². The van der Waals surface area contributed by atoms with E-state index in [9.17, 15) is 56.8 Å². The van der Waals surface area contributed by atoms with Crippen LogP contribution in [0.3, 0.4) is 0 Å². The fourth-order valence-corrected chi connectivity index (χ4v) is 10.9. The molecule has 2 fully saturated rings. The lowest BCUT2D eigenvalue weighted by Gasteiger charge is -2.44. The Hall–Kier alpha value is -2.95. The summed E-state index contributed by atoms with van der Waals surface area (Å²) < 4.78 is 161. The largest absolute Gasteiger partial charge is 0.435 e. The molecule has 5 rings (SSSR count). The molecule has 0 N–H and O–H groups in total. The number of alkyl halides is 7. The van der Waals surface area contributed by atoms with Crippen LogP contribution in [0.25, 0.3) is 0 Å². The lowest BCUT2D eigenvalue weighted by atomic mass is 9.77. The van der Waals surface area contributed by atoms with Gasteiger partial charge in [-0.3, -0.25) is 0 Å². The third-order valence-electron chi connectivity index (χ3n) is 8.97. The number of urea groups is 1. The lowest BCUT2D eigenvalue weighted by Crippen LogP contribution is -2.55. The SMILES string of the molecule is CN(C(=O)N1CC[C@@]2(S(=O)(=O)c3ccc(F)cc3)c3ccc(C(F)(C(F)(F)F)C(F)(F)F)cc3CC[C@@H]12)C1CCS(=O)(=O)C1. The highest BCUT2D eigenvalue weighted by atomic mass is 32.2. The van der Waals surface area contributed by atoms with Gasteiger partial charge < -0.3 is 9.80 Å². The fourth-order valence-electron chi connectivity index (χ4n) is 6.72. The number of rotatable bonds is 4. The number of hydrogen-bond donors (Lipinski definition) is 0. The van der Waals surface area contributed by atoms with Gasteiger partial charge in [-0.05, 0) is 61.1 Å². The summed E-state index contributed by atoms with van der Waals surface area (Å²) in [6.45, 7) is -0.215. The minimum absolute atomic E-state index is 0.150. The number of nitrogens with zero attached hydrogens (tertiary/aromatic N) is 2. The molecule has 2 aromatic rings. The van der Waals surface area contributed by atoms with Crippen LogP contribution in [0.15, 0.2) is 47.4 Å². The van der Waals surface area contributed by atoms with E-state index < -0.39 is 76.8 Å². The average molecular weight is 675 g/mol. The molecule has 0 bridgehead atoms. The quantitative estimate of drug-likeness (QED) is 0.335. The van der Waals surface area contributed by atoms with Crippen molar-refractivity contribution in [3.63, 3.8) is 0 Å². The molecule has 0 saturated carbocycles. The monoisotopic (exact) mass is 674 g/mol. The van der Waals surface area contributed by atoms with Crippen LogP contribution in [0.2, 0.25) is 0 Å². The summed E-state index contributed by atoms with van der Waals surface area (Å²) in [6.07, 6.45) is -13.5. The molecular weight excluding hydrogens is 648 g/mol. The number of sulfone groups is 2. The molecule has 2 aliphatic heterocycles. The molecule has 3 aliphatic rings. The standard InChI is InChI=1S/C27H26F8N2O5S2/c1-36(19-10-13-43(39,40)15-19)23(38)37-12-11-24(44(41,42)20-6-4-18(28)5-7-20)21-8-3-17(14-16(21)2-9-22(24)37)25(29,26(30,31)32)27(33,34)35/h3-8,14,19,22H,2,9-13,15H2,1H3/t19?,22-,24-/m1/s1. The van der Waals surface area contributed by atoms with Crippen LogP contribution in [-0.2, 0) is 36.5 Å². The van der Waals surface area contributed by atoms with Crippen molar-refractivity contribution < 1.29 is 56.8 Å². The van der Waals surface area contributed by atoms with Gasteiger partial charge in [-0.25, -0.2) is 30.4 Å². The Labute approximate surface area is 247 Å². The molecule has 2 aromatic carbocycles. The Morgan fingerprint density at radius 1 is 0.977 bits per heavy atom. The molecule has 1 unspecified atom stereocenters. The molecule has 7 nitrogen and oxygen atoms in total. The van der Waals surface area contributed by atoms with Gasteiger partial charge >= 0.3 is 24.1 Å². The van der Waals surface area contributed by atoms with Crippen LogP contribution in [-0.4, -0.2) is 82.2 Å². The molecule has 3 atom stereocenters. The van der Waals surface area contributed by atoms with Crippen LogP contribution in [0, 0.1) is 5.82 Å². The van der Waals surface area contributed by atoms with Crippen LogP contribution in [0.5, 0.6) is 0 Å². The second kappa shape index (κ2) is 10.3. The molecule has 44 heavy (non-hydrogen) atoms. The van der Waals surface area contributed by atoms with E-state index in [0.29, 0.717) is 6.07 Å². The van der Waals surface area contributed by atoms with Crippen LogP contribution in [0.4, 0.5) is 39.9 Å². The molecule has 2 amide bonds. The predicted octanol–water partition coefficient (Wildman–Crippen LogP) is 5.04. The van der Waals surface area contributed by atoms with Gasteiger partial charge in [0.15, 0.2) is 19.7 Å². The van der Waals surface area contributed by atoms with Gasteiger partial charge in [-0.1, -0.05) is 18.2 Å². The molecule has 0 aromatic heterocycles. The topological polar surface area (TPSA) is 91.8 Å². The highest BCUT2D eigenvalue weighted by molar-refractivity contribution is 7.92. The van der Waals surface area contributed by atoms with Crippen molar-refractivity contribution in [2.75, 3.05) is 25.1 Å². The number of hydrogen-bond acceptors (Lipinski definition) is 5. The number of fused-ring (bicyclic) bond motifs is 3. The predicted molar refractivity (Wildman–Crippen MR) is 140 cm³/mol. The van der Waals surface area contributed by atoms with Gasteiger partial charge in [-0.15, -0.1) is 0 Å². The lowest BCUT2D eigenvalue weighted by molar-refractivity contribution is -0.348. The summed E-state index contributed by atoms with van der Waals surface area (Å²) in [5.74, 6) is -1.23. The van der Waals surface area contributed by atoms with Gasteiger partial charge in [0.1, 0.15) is 10.6 Å². The van der Waals surface area contributed by atoms with Crippen LogP contribution < -0.4 is 0 Å². The smallest absolute Gasteiger partial charge is 0.324 e. The van der Waals surface area contributed by atoms with E-state index in [0.717, 1.165) is 30.3 Å². The number of halogens is 8. The summed E-state index contributed by atoms with van der Waals surface area (Å²) in [5, 5.41) is 0. The first-order chi connectivity index (χ1) is 20.2. The molecule has 2 saturated heterocycles. The van der Waals surface area contributed by atoms with Gasteiger partial charge in [0.25, 0.3) is 0 Å². The Kier molecular flexibility index (Phi) is 7.59. The molecule has 0 radical (unpaired) electrons. The molecule has 1 aliphatic carbocycles. The van der Waals surface area contributed by atoms with E-state index in [1.54, 1.807) is 0 Å². The van der Waals surface area contributed by atoms with Gasteiger partial charge in [0.2, 0.25) is 0 Å². The third-order valence-corrected chi connectivity index (χ3v) is 13.3. The number of carbonyl (C=O) groups excluding carboxylic acids is 1. The van der Waals surface area contributed by atoms with E-state index in [-0.39, 0.29) is 60.9 Å². The zero-order chi connectivity index (χ0) is 32.7. The maximum atomic E-state index is 15.0. The zero-order valence-electron chi connectivity index (χ0n) is 22.9. The molecule has 2 heterocycles. The molecular formula is C27H26F8N2O5S2. The van der Waals surface area contributed by atoms with Crippen molar-refractivity contribution in [2.45, 2.75) is 65.4 Å². The van der Waals surface area contributed by atoms with Crippen LogP contribution >= 0.6 is 0 Å². The van der Waals surface area contributed by atoms with E-state index in [2.05, 4.69) is 0 Å². The number of aryl methyl sites for hydroxylation is 1. The summed E-state index contributed by atoms with van der Waals surface area (Å²) in [4.78, 5) is 15.7. The number of carbonyl (C=O) groups is 1. The maximum Gasteiger partial charge on any atom is 0.435 e. The number of amides is 2. The molecule has 17 heteroatoms. The average Bonchev–Trinajstić information content (AvgIpc) is 3.51. The van der Waals surface area contributed by atoms with E-state index in [1.165, 1.54) is 16.8 Å². The van der Waals surface area contributed by atoms with Gasteiger partial charge in [0.05, 0.1) is 22.4 Å². The summed E-state index contributed by atoms with van der Waals surface area (Å²) in [5.41, 5.74) is -7.98. The maximum absolute atomic E-state index is 15.0. The molecule has 0 spiro atoms. The van der Waals surface area contributed by atoms with Crippen LogP contribution in [0.1, 0.15) is 36.0 Å². The summed E-state index contributed by atoms with van der Waals surface area (Å²) >= 11 is 0. The first-order valence-electron chi connectivity index (χ1n) is 13.4. The highest BCUT2D eigenvalue weighted by Gasteiger charge is 2.74. The van der Waals surface area contributed by atoms with Crippen molar-refractivity contribution in [1.29, 1.82) is 0 Å². The number of likely N-dealkylation sites (tertiary alicyclic amines) is 1. The Morgan fingerprint density at radius 2 is 1.59 bits per heavy atom. The van der Waals surface area contributed by atoms with Crippen molar-refractivity contribution in [2.24, 2.45) is 0 Å². The normalized spacial score (nSPS) is 25.4. The van der Waals surface area contributed by atoms with E-state index in [1.807, 2.05) is 0 Å². The van der Waals surface area contributed by atoms with Crippen molar-refractivity contribution in [1.82, 2.24) is 9.80 Å². The first-order valence-corrected chi connectivity index (χ1v) is 16.7. The van der Waals surface area contributed by atoms with Gasteiger partial charge in [-0.2, -0.15) is 26.3 Å². The molecule has 242 valence electrons. The first kappa shape index (κ1) is 32.4. The number of benzene rings is 2. The fraction of sp³-hybridized carbons (Fsp3) is 0.519. The highest BCUT2D eigenvalue weighted by Crippen LogP contribution is 2.56. The summed E-state index contributed by atoms with van der Waals surface area (Å²) in [7, 11) is -6.68. The third kappa shape index (κ3) is 4.75. The van der Waals surface area contributed by atoms with E-state index in [4.69, 9.17) is 0 Å². The van der Waals surface area contributed by atoms with Crippen molar-refractivity contribution in [3.05, 3.63) is 65.0 Å². The second-order valence-electron chi connectivity index (χ2n) is 11.3. The Balaban J connectivity index is 1.65. The minimum atomic E-state index is -6.39. The Morgan fingerprint density at radius 3 is 2.14 bits per heavy atom.